The summed E-state index contributed by atoms with van der Waals surface area (Å²) in [5.41, 5.74) is 8.52. The van der Waals surface area contributed by atoms with Crippen LogP contribution in [0.15, 0.2) is 42.5 Å². The first kappa shape index (κ1) is 15.5. The summed E-state index contributed by atoms with van der Waals surface area (Å²) in [6.45, 7) is 1.82. The predicted molar refractivity (Wildman–Crippen MR) is 82.5 cm³/mol. The summed E-state index contributed by atoms with van der Waals surface area (Å²) in [5, 5.41) is 0. The smallest absolute Gasteiger partial charge is 0.123 e. The molecule has 0 aliphatic heterocycles. The molecule has 0 saturated heterocycles. The van der Waals surface area contributed by atoms with E-state index in [2.05, 4.69) is 4.90 Å². The molecule has 3 nitrogen and oxygen atoms in total. The molecule has 2 N–H and O–H groups in total. The molecule has 0 radical (unpaired) electrons. The highest BCUT2D eigenvalue weighted by molar-refractivity contribution is 5.27. The van der Waals surface area contributed by atoms with Crippen molar-refractivity contribution in [2.24, 2.45) is 5.73 Å². The van der Waals surface area contributed by atoms with Crippen molar-refractivity contribution in [1.82, 2.24) is 4.90 Å². The number of benzene rings is 2. The van der Waals surface area contributed by atoms with E-state index >= 15 is 0 Å². The lowest BCUT2D eigenvalue weighted by atomic mass is 10.1. The van der Waals surface area contributed by atoms with Gasteiger partial charge in [-0.1, -0.05) is 18.2 Å². The number of methoxy groups -OCH3 is 1. The van der Waals surface area contributed by atoms with Gasteiger partial charge in [0.1, 0.15) is 11.6 Å². The molecule has 0 aliphatic rings. The van der Waals surface area contributed by atoms with Crippen LogP contribution in [0.2, 0.25) is 0 Å². The zero-order valence-corrected chi connectivity index (χ0v) is 12.5. The van der Waals surface area contributed by atoms with Crippen LogP contribution in [0.5, 0.6) is 5.75 Å². The van der Waals surface area contributed by atoms with E-state index in [1.54, 1.807) is 13.2 Å². The van der Waals surface area contributed by atoms with E-state index in [-0.39, 0.29) is 5.82 Å². The third-order valence-electron chi connectivity index (χ3n) is 3.32. The van der Waals surface area contributed by atoms with Crippen molar-refractivity contribution in [2.45, 2.75) is 19.6 Å². The van der Waals surface area contributed by atoms with Gasteiger partial charge in [-0.05, 0) is 48.0 Å². The van der Waals surface area contributed by atoms with Crippen LogP contribution in [0.25, 0.3) is 0 Å². The first-order valence-corrected chi connectivity index (χ1v) is 6.90. The van der Waals surface area contributed by atoms with Crippen LogP contribution in [-0.4, -0.2) is 19.1 Å². The zero-order valence-electron chi connectivity index (χ0n) is 12.5. The number of hydrogen-bond acceptors (Lipinski definition) is 3. The third kappa shape index (κ3) is 4.55. The van der Waals surface area contributed by atoms with Crippen LogP contribution in [0.1, 0.15) is 16.7 Å². The Hall–Kier alpha value is -1.91. The second-order valence-corrected chi connectivity index (χ2v) is 5.19. The van der Waals surface area contributed by atoms with Crippen molar-refractivity contribution in [3.8, 4) is 5.75 Å². The second-order valence-electron chi connectivity index (χ2n) is 5.19. The van der Waals surface area contributed by atoms with E-state index in [9.17, 15) is 4.39 Å². The van der Waals surface area contributed by atoms with Crippen molar-refractivity contribution in [1.29, 1.82) is 0 Å². The Labute approximate surface area is 125 Å². The Bertz CT molecular complexity index is 584. The highest BCUT2D eigenvalue weighted by Gasteiger charge is 2.05. The molecule has 0 amide bonds. The van der Waals surface area contributed by atoms with Crippen LogP contribution in [0, 0.1) is 5.82 Å². The molecule has 0 fully saturated rings. The summed E-state index contributed by atoms with van der Waals surface area (Å²) in [4.78, 5) is 2.14. The average molecular weight is 288 g/mol. The van der Waals surface area contributed by atoms with Crippen LogP contribution < -0.4 is 10.5 Å². The van der Waals surface area contributed by atoms with Gasteiger partial charge in [-0.25, -0.2) is 4.39 Å². The molecule has 0 heterocycles. The standard InChI is InChI=1S/C17H21FN2O/c1-20(11-13-3-5-17(21-2)6-4-13)12-15-7-14(10-19)8-16(18)9-15/h3-9H,10-12,19H2,1-2H3. The third-order valence-corrected chi connectivity index (χ3v) is 3.32. The highest BCUT2D eigenvalue weighted by Crippen LogP contribution is 2.15. The number of hydrogen-bond donors (Lipinski definition) is 1. The van der Waals surface area contributed by atoms with Gasteiger partial charge in [0.2, 0.25) is 0 Å². The van der Waals surface area contributed by atoms with E-state index in [1.165, 1.54) is 11.6 Å². The minimum absolute atomic E-state index is 0.231. The number of ether oxygens (including phenoxy) is 1. The molecule has 0 aromatic heterocycles. The fourth-order valence-corrected chi connectivity index (χ4v) is 2.34. The summed E-state index contributed by atoms with van der Waals surface area (Å²) >= 11 is 0. The lowest BCUT2D eigenvalue weighted by Gasteiger charge is -2.17. The van der Waals surface area contributed by atoms with Crippen LogP contribution in [0.3, 0.4) is 0 Å². The van der Waals surface area contributed by atoms with Crippen LogP contribution >= 0.6 is 0 Å². The van der Waals surface area contributed by atoms with Crippen molar-refractivity contribution >= 4 is 0 Å². The Morgan fingerprint density at radius 2 is 1.62 bits per heavy atom. The highest BCUT2D eigenvalue weighted by atomic mass is 19.1. The summed E-state index contributed by atoms with van der Waals surface area (Å²) in [6.07, 6.45) is 0. The molecule has 21 heavy (non-hydrogen) atoms. The van der Waals surface area contributed by atoms with Gasteiger partial charge in [-0.2, -0.15) is 0 Å². The van der Waals surface area contributed by atoms with Crippen molar-refractivity contribution in [3.63, 3.8) is 0 Å². The number of rotatable bonds is 6. The molecule has 2 aromatic carbocycles. The normalized spacial score (nSPS) is 10.9. The lowest BCUT2D eigenvalue weighted by molar-refractivity contribution is 0.318. The van der Waals surface area contributed by atoms with Gasteiger partial charge < -0.3 is 10.5 Å². The van der Waals surface area contributed by atoms with E-state index in [0.29, 0.717) is 13.1 Å². The Kier molecular flexibility index (Phi) is 5.31. The lowest BCUT2D eigenvalue weighted by Crippen LogP contribution is -2.17. The molecule has 2 aromatic rings. The van der Waals surface area contributed by atoms with Gasteiger partial charge in [0, 0.05) is 19.6 Å². The molecule has 0 atom stereocenters. The largest absolute Gasteiger partial charge is 0.497 e. The van der Waals surface area contributed by atoms with Crippen molar-refractivity contribution in [3.05, 3.63) is 65.0 Å². The summed E-state index contributed by atoms with van der Waals surface area (Å²) in [7, 11) is 3.66. The van der Waals surface area contributed by atoms with Gasteiger partial charge in [-0.3, -0.25) is 4.90 Å². The van der Waals surface area contributed by atoms with Gasteiger partial charge in [0.15, 0.2) is 0 Å². The van der Waals surface area contributed by atoms with Crippen molar-refractivity contribution < 1.29 is 9.13 Å². The first-order valence-electron chi connectivity index (χ1n) is 6.90. The maximum absolute atomic E-state index is 13.5. The molecule has 0 bridgehead atoms. The fourth-order valence-electron chi connectivity index (χ4n) is 2.34. The Morgan fingerprint density at radius 1 is 1.00 bits per heavy atom. The number of halogens is 1. The maximum atomic E-state index is 13.5. The number of nitrogens with zero attached hydrogens (tertiary/aromatic N) is 1. The predicted octanol–water partition coefficient (Wildman–Crippen LogP) is 2.93. The monoisotopic (exact) mass is 288 g/mol. The van der Waals surface area contributed by atoms with Crippen molar-refractivity contribution in [2.75, 3.05) is 14.2 Å². The minimum Gasteiger partial charge on any atom is -0.497 e. The summed E-state index contributed by atoms with van der Waals surface area (Å²) in [6, 6.07) is 12.9. The van der Waals surface area contributed by atoms with Crippen LogP contribution in [0.4, 0.5) is 4.39 Å². The number of nitrogens with two attached hydrogens (primary N) is 1. The molecule has 112 valence electrons. The van der Waals surface area contributed by atoms with E-state index in [4.69, 9.17) is 10.5 Å². The van der Waals surface area contributed by atoms with E-state index in [1.807, 2.05) is 37.4 Å². The van der Waals surface area contributed by atoms with Gasteiger partial charge in [0.05, 0.1) is 7.11 Å². The first-order chi connectivity index (χ1) is 10.1. The Balaban J connectivity index is 2.00. The molecule has 2 rings (SSSR count). The zero-order chi connectivity index (χ0) is 15.2. The molecule has 0 unspecified atom stereocenters. The van der Waals surface area contributed by atoms with Gasteiger partial charge in [0.25, 0.3) is 0 Å². The van der Waals surface area contributed by atoms with Crippen LogP contribution in [-0.2, 0) is 19.6 Å². The molecular formula is C17H21FN2O. The molecule has 4 heteroatoms. The fraction of sp³-hybridized carbons (Fsp3) is 0.294. The summed E-state index contributed by atoms with van der Waals surface area (Å²) < 4.78 is 18.6. The van der Waals surface area contributed by atoms with Gasteiger partial charge in [-0.15, -0.1) is 0 Å². The second kappa shape index (κ2) is 7.20. The maximum Gasteiger partial charge on any atom is 0.123 e. The SMILES string of the molecule is COc1ccc(CN(C)Cc2cc(F)cc(CN)c2)cc1. The summed E-state index contributed by atoms with van der Waals surface area (Å²) in [5.74, 6) is 0.616. The molecule has 0 saturated carbocycles. The quantitative estimate of drug-likeness (QED) is 0.888. The minimum atomic E-state index is -0.231. The topological polar surface area (TPSA) is 38.5 Å². The Morgan fingerprint density at radius 3 is 2.24 bits per heavy atom. The molecule has 0 spiro atoms. The molecular weight excluding hydrogens is 267 g/mol. The van der Waals surface area contributed by atoms with Gasteiger partial charge >= 0.3 is 0 Å². The van der Waals surface area contributed by atoms with E-state index < -0.39 is 0 Å². The van der Waals surface area contributed by atoms with E-state index in [0.717, 1.165) is 23.4 Å². The average Bonchev–Trinajstić information content (AvgIpc) is 2.47. The molecule has 0 aliphatic carbocycles.